The van der Waals surface area contributed by atoms with Gasteiger partial charge in [0.05, 0.1) is 21.9 Å². The molecule has 3 nitrogen and oxygen atoms in total. The summed E-state index contributed by atoms with van der Waals surface area (Å²) in [5.41, 5.74) is 4.19. The van der Waals surface area contributed by atoms with E-state index in [-0.39, 0.29) is 0 Å². The van der Waals surface area contributed by atoms with Gasteiger partial charge < -0.3 is 5.32 Å². The molecule has 0 radical (unpaired) electrons. The molecule has 98 valence electrons. The van der Waals surface area contributed by atoms with E-state index in [9.17, 15) is 0 Å². The second-order valence-electron chi connectivity index (χ2n) is 4.59. The first-order valence-corrected chi connectivity index (χ1v) is 7.78. The molecular formula is C13H19N3S2. The van der Waals surface area contributed by atoms with Crippen molar-refractivity contribution >= 4 is 22.7 Å². The molecule has 1 N–H and O–H groups in total. The molecule has 0 aromatic carbocycles. The number of thiazole rings is 2. The maximum absolute atomic E-state index is 4.49. The van der Waals surface area contributed by atoms with Gasteiger partial charge in [0.25, 0.3) is 0 Å². The molecule has 18 heavy (non-hydrogen) atoms. The Balaban J connectivity index is 2.10. The molecule has 0 aliphatic carbocycles. The second kappa shape index (κ2) is 5.47. The van der Waals surface area contributed by atoms with Crippen molar-refractivity contribution in [2.24, 2.45) is 0 Å². The minimum atomic E-state index is 0.327. The molecule has 0 bridgehead atoms. The molecule has 0 saturated carbocycles. The Hall–Kier alpha value is -0.780. The molecule has 2 aromatic heterocycles. The molecular weight excluding hydrogens is 262 g/mol. The van der Waals surface area contributed by atoms with Gasteiger partial charge in [-0.05, 0) is 34.6 Å². The molecule has 2 aromatic rings. The first-order chi connectivity index (χ1) is 8.49. The number of hydrogen-bond acceptors (Lipinski definition) is 5. The number of nitrogens with one attached hydrogen (secondary N) is 1. The highest BCUT2D eigenvalue weighted by Gasteiger charge is 2.17. The zero-order chi connectivity index (χ0) is 13.3. The molecule has 0 amide bonds. The summed E-state index contributed by atoms with van der Waals surface area (Å²) in [7, 11) is 0. The summed E-state index contributed by atoms with van der Waals surface area (Å²) in [5, 5.41) is 4.77. The fourth-order valence-electron chi connectivity index (χ4n) is 2.20. The Morgan fingerprint density at radius 2 is 1.72 bits per heavy atom. The van der Waals surface area contributed by atoms with Gasteiger partial charge in [0, 0.05) is 21.8 Å². The molecule has 0 aliphatic rings. The first-order valence-electron chi connectivity index (χ1n) is 6.09. The molecule has 5 heteroatoms. The van der Waals surface area contributed by atoms with E-state index in [0.717, 1.165) is 16.4 Å². The van der Waals surface area contributed by atoms with Gasteiger partial charge in [-0.25, -0.2) is 9.97 Å². The van der Waals surface area contributed by atoms with E-state index in [1.165, 1.54) is 9.75 Å². The molecule has 0 spiro atoms. The fourth-order valence-corrected chi connectivity index (χ4v) is 3.96. The first kappa shape index (κ1) is 13.6. The van der Waals surface area contributed by atoms with Crippen LogP contribution in [-0.4, -0.2) is 9.97 Å². The van der Waals surface area contributed by atoms with Crippen molar-refractivity contribution < 1.29 is 0 Å². The van der Waals surface area contributed by atoms with Gasteiger partial charge in [-0.1, -0.05) is 0 Å². The summed E-state index contributed by atoms with van der Waals surface area (Å²) in [4.78, 5) is 11.5. The highest BCUT2D eigenvalue weighted by Crippen LogP contribution is 2.28. The van der Waals surface area contributed by atoms with Crippen molar-refractivity contribution in [1.29, 1.82) is 0 Å². The van der Waals surface area contributed by atoms with Crippen LogP contribution in [0.2, 0.25) is 0 Å². The minimum absolute atomic E-state index is 0.327. The number of aryl methyl sites for hydroxylation is 3. The Kier molecular flexibility index (Phi) is 4.14. The third kappa shape index (κ3) is 2.79. The predicted molar refractivity (Wildman–Crippen MR) is 78.4 cm³/mol. The largest absolute Gasteiger partial charge is 0.302 e. The standard InChI is InChI=1S/C13H19N3S2/c1-7-12(17-6-14-7)8(2)15-9(3)13-10(4)16-11(5)18-13/h6,8-9,15H,1-5H3. The van der Waals surface area contributed by atoms with Gasteiger partial charge in [0.2, 0.25) is 0 Å². The zero-order valence-electron chi connectivity index (χ0n) is 11.4. The Labute approximate surface area is 116 Å². The van der Waals surface area contributed by atoms with E-state index in [1.807, 2.05) is 5.51 Å². The lowest BCUT2D eigenvalue weighted by Gasteiger charge is -2.19. The summed E-state index contributed by atoms with van der Waals surface area (Å²) >= 11 is 3.50. The van der Waals surface area contributed by atoms with Gasteiger partial charge in [-0.15, -0.1) is 22.7 Å². The molecule has 0 saturated heterocycles. The van der Waals surface area contributed by atoms with Crippen LogP contribution in [0.5, 0.6) is 0 Å². The maximum Gasteiger partial charge on any atom is 0.0900 e. The summed E-state index contributed by atoms with van der Waals surface area (Å²) in [6.45, 7) is 10.6. The van der Waals surface area contributed by atoms with Crippen molar-refractivity contribution in [3.8, 4) is 0 Å². The number of aromatic nitrogens is 2. The molecule has 2 heterocycles. The van der Waals surface area contributed by atoms with E-state index in [0.29, 0.717) is 12.1 Å². The van der Waals surface area contributed by atoms with E-state index in [2.05, 4.69) is 49.9 Å². The topological polar surface area (TPSA) is 37.8 Å². The summed E-state index contributed by atoms with van der Waals surface area (Å²) in [6.07, 6.45) is 0. The van der Waals surface area contributed by atoms with Crippen molar-refractivity contribution in [3.63, 3.8) is 0 Å². The lowest BCUT2D eigenvalue weighted by Crippen LogP contribution is -2.22. The molecule has 2 unspecified atom stereocenters. The van der Waals surface area contributed by atoms with E-state index < -0.39 is 0 Å². The average molecular weight is 281 g/mol. The normalized spacial score (nSPS) is 14.7. The SMILES string of the molecule is Cc1nc(C)c(C(C)NC(C)c2scnc2C)s1. The van der Waals surface area contributed by atoms with E-state index in [1.54, 1.807) is 22.7 Å². The highest BCUT2D eigenvalue weighted by atomic mass is 32.1. The van der Waals surface area contributed by atoms with Crippen molar-refractivity contribution in [2.45, 2.75) is 46.7 Å². The third-order valence-corrected chi connectivity index (χ3v) is 5.38. The minimum Gasteiger partial charge on any atom is -0.302 e. The highest BCUT2D eigenvalue weighted by molar-refractivity contribution is 7.11. The van der Waals surface area contributed by atoms with Gasteiger partial charge in [0.15, 0.2) is 0 Å². The quantitative estimate of drug-likeness (QED) is 0.922. The van der Waals surface area contributed by atoms with Gasteiger partial charge >= 0.3 is 0 Å². The van der Waals surface area contributed by atoms with Crippen molar-refractivity contribution in [1.82, 2.24) is 15.3 Å². The number of hydrogen-bond donors (Lipinski definition) is 1. The lowest BCUT2D eigenvalue weighted by molar-refractivity contribution is 0.501. The monoisotopic (exact) mass is 281 g/mol. The van der Waals surface area contributed by atoms with Gasteiger partial charge in [0.1, 0.15) is 0 Å². The average Bonchev–Trinajstić information content (AvgIpc) is 2.84. The van der Waals surface area contributed by atoms with Crippen LogP contribution in [0.3, 0.4) is 0 Å². The van der Waals surface area contributed by atoms with Crippen molar-refractivity contribution in [3.05, 3.63) is 31.7 Å². The third-order valence-electron chi connectivity index (χ3n) is 3.01. The van der Waals surface area contributed by atoms with Gasteiger partial charge in [-0.2, -0.15) is 0 Å². The maximum atomic E-state index is 4.49. The molecule has 2 rings (SSSR count). The van der Waals surface area contributed by atoms with Crippen LogP contribution in [0.25, 0.3) is 0 Å². The Morgan fingerprint density at radius 1 is 1.06 bits per heavy atom. The van der Waals surface area contributed by atoms with Crippen LogP contribution < -0.4 is 5.32 Å². The second-order valence-corrected chi connectivity index (χ2v) is 6.72. The molecule has 0 aliphatic heterocycles. The zero-order valence-corrected chi connectivity index (χ0v) is 13.1. The number of rotatable bonds is 4. The van der Waals surface area contributed by atoms with E-state index >= 15 is 0 Å². The van der Waals surface area contributed by atoms with Crippen LogP contribution >= 0.6 is 22.7 Å². The number of nitrogens with zero attached hydrogens (tertiary/aromatic N) is 2. The van der Waals surface area contributed by atoms with Crippen LogP contribution in [0, 0.1) is 20.8 Å². The van der Waals surface area contributed by atoms with E-state index in [4.69, 9.17) is 0 Å². The van der Waals surface area contributed by atoms with Crippen LogP contribution in [0.4, 0.5) is 0 Å². The Bertz CT molecular complexity index is 530. The summed E-state index contributed by atoms with van der Waals surface area (Å²) in [5.74, 6) is 0. The summed E-state index contributed by atoms with van der Waals surface area (Å²) in [6, 6.07) is 0.655. The summed E-state index contributed by atoms with van der Waals surface area (Å²) < 4.78 is 0. The lowest BCUT2D eigenvalue weighted by atomic mass is 10.2. The fraction of sp³-hybridized carbons (Fsp3) is 0.538. The molecule has 0 fully saturated rings. The Morgan fingerprint density at radius 3 is 2.22 bits per heavy atom. The van der Waals surface area contributed by atoms with Crippen LogP contribution in [0.15, 0.2) is 5.51 Å². The predicted octanol–water partition coefficient (Wildman–Crippen LogP) is 3.94. The molecule has 2 atom stereocenters. The van der Waals surface area contributed by atoms with Gasteiger partial charge in [-0.3, -0.25) is 0 Å². The van der Waals surface area contributed by atoms with Crippen LogP contribution in [0.1, 0.15) is 52.1 Å². The smallest absolute Gasteiger partial charge is 0.0900 e. The van der Waals surface area contributed by atoms with Crippen molar-refractivity contribution in [2.75, 3.05) is 0 Å². The van der Waals surface area contributed by atoms with Crippen LogP contribution in [-0.2, 0) is 0 Å².